The first-order chi connectivity index (χ1) is 9.15. The molecule has 94 valence electrons. The summed E-state index contributed by atoms with van der Waals surface area (Å²) in [6.07, 6.45) is 0. The molecule has 1 heterocycles. The van der Waals surface area contributed by atoms with Gasteiger partial charge in [-0.25, -0.2) is 9.37 Å². The predicted molar refractivity (Wildman–Crippen MR) is 74.8 cm³/mol. The minimum atomic E-state index is -1.80. The van der Waals surface area contributed by atoms with Gasteiger partial charge in [-0.1, -0.05) is 24.3 Å². The Hall–Kier alpha value is -1.76. The van der Waals surface area contributed by atoms with Crippen LogP contribution in [0.2, 0.25) is 0 Å². The zero-order valence-electron chi connectivity index (χ0n) is 9.75. The van der Waals surface area contributed by atoms with E-state index in [9.17, 15) is 4.39 Å². The number of nitrogens with zero attached hydrogens (tertiary/aromatic N) is 1. The summed E-state index contributed by atoms with van der Waals surface area (Å²) in [4.78, 5) is 4.43. The van der Waals surface area contributed by atoms with E-state index in [0.717, 1.165) is 10.2 Å². The van der Waals surface area contributed by atoms with Crippen LogP contribution in [-0.4, -0.2) is 22.2 Å². The van der Waals surface area contributed by atoms with Gasteiger partial charge < -0.3 is 10.0 Å². The van der Waals surface area contributed by atoms with E-state index in [4.69, 9.17) is 10.0 Å². The molecule has 0 amide bonds. The van der Waals surface area contributed by atoms with E-state index in [2.05, 4.69) is 4.98 Å². The summed E-state index contributed by atoms with van der Waals surface area (Å²) in [6, 6.07) is 12.0. The first-order valence-electron chi connectivity index (χ1n) is 5.66. The Bertz CT molecular complexity index is 711. The fourth-order valence-corrected chi connectivity index (χ4v) is 2.83. The zero-order chi connectivity index (χ0) is 13.4. The summed E-state index contributed by atoms with van der Waals surface area (Å²) in [7, 11) is -1.80. The second kappa shape index (κ2) is 4.73. The molecule has 0 unspecified atom stereocenters. The van der Waals surface area contributed by atoms with Crippen LogP contribution in [0.4, 0.5) is 4.39 Å². The minimum Gasteiger partial charge on any atom is -0.423 e. The Morgan fingerprint density at radius 1 is 1.11 bits per heavy atom. The van der Waals surface area contributed by atoms with Crippen molar-refractivity contribution in [2.75, 3.05) is 0 Å². The van der Waals surface area contributed by atoms with Gasteiger partial charge in [0.1, 0.15) is 10.8 Å². The van der Waals surface area contributed by atoms with E-state index in [-0.39, 0.29) is 5.46 Å². The second-order valence-corrected chi connectivity index (χ2v) is 5.13. The van der Waals surface area contributed by atoms with Crippen molar-refractivity contribution in [2.45, 2.75) is 0 Å². The van der Waals surface area contributed by atoms with Gasteiger partial charge in [-0.05, 0) is 18.2 Å². The summed E-state index contributed by atoms with van der Waals surface area (Å²) in [5, 5.41) is 18.7. The van der Waals surface area contributed by atoms with Gasteiger partial charge in [0, 0.05) is 11.0 Å². The van der Waals surface area contributed by atoms with Crippen molar-refractivity contribution in [3.05, 3.63) is 48.3 Å². The Balaban J connectivity index is 2.09. The molecule has 0 atom stereocenters. The number of aromatic nitrogens is 1. The summed E-state index contributed by atoms with van der Waals surface area (Å²) >= 11 is 1.47. The summed E-state index contributed by atoms with van der Waals surface area (Å²) in [5.74, 6) is -0.647. The first-order valence-corrected chi connectivity index (χ1v) is 6.48. The average molecular weight is 273 g/mol. The monoisotopic (exact) mass is 273 g/mol. The van der Waals surface area contributed by atoms with E-state index < -0.39 is 12.9 Å². The maximum atomic E-state index is 13.7. The van der Waals surface area contributed by atoms with Crippen LogP contribution in [0.5, 0.6) is 0 Å². The zero-order valence-corrected chi connectivity index (χ0v) is 10.6. The highest BCUT2D eigenvalue weighted by Crippen LogP contribution is 2.29. The van der Waals surface area contributed by atoms with Crippen LogP contribution in [0, 0.1) is 5.82 Å². The quantitative estimate of drug-likeness (QED) is 0.700. The molecule has 0 radical (unpaired) electrons. The second-order valence-electron chi connectivity index (χ2n) is 4.10. The third-order valence-corrected chi connectivity index (χ3v) is 3.90. The molecule has 2 N–H and O–H groups in total. The van der Waals surface area contributed by atoms with Crippen molar-refractivity contribution < 1.29 is 14.4 Å². The Labute approximate surface area is 113 Å². The number of hydrogen-bond acceptors (Lipinski definition) is 4. The van der Waals surface area contributed by atoms with Gasteiger partial charge in [0.25, 0.3) is 0 Å². The molecule has 6 heteroatoms. The number of fused-ring (bicyclic) bond motifs is 1. The van der Waals surface area contributed by atoms with Gasteiger partial charge in [0.15, 0.2) is 0 Å². The van der Waals surface area contributed by atoms with Gasteiger partial charge in [-0.15, -0.1) is 11.3 Å². The molecule has 0 bridgehead atoms. The topological polar surface area (TPSA) is 53.4 Å². The highest BCUT2D eigenvalue weighted by Gasteiger charge is 2.17. The third kappa shape index (κ3) is 2.25. The molecule has 0 saturated carbocycles. The minimum absolute atomic E-state index is 0.134. The molecular weight excluding hydrogens is 264 g/mol. The Morgan fingerprint density at radius 2 is 1.89 bits per heavy atom. The number of para-hydroxylation sites is 1. The van der Waals surface area contributed by atoms with Crippen LogP contribution in [0.1, 0.15) is 0 Å². The van der Waals surface area contributed by atoms with Crippen LogP contribution in [0.25, 0.3) is 20.8 Å². The van der Waals surface area contributed by atoms with Crippen LogP contribution in [-0.2, 0) is 0 Å². The molecule has 1 aromatic heterocycles. The molecular formula is C13H9BFNO2S. The maximum absolute atomic E-state index is 13.7. The van der Waals surface area contributed by atoms with Gasteiger partial charge in [-0.2, -0.15) is 0 Å². The Morgan fingerprint density at radius 3 is 2.58 bits per heavy atom. The smallest absolute Gasteiger partial charge is 0.423 e. The van der Waals surface area contributed by atoms with E-state index in [1.807, 2.05) is 24.3 Å². The van der Waals surface area contributed by atoms with Crippen LogP contribution in [0.15, 0.2) is 42.5 Å². The number of benzene rings is 2. The SMILES string of the molecule is OB(O)c1ccc(-c2nc3ccccc3s2)cc1F. The lowest BCUT2D eigenvalue weighted by atomic mass is 9.79. The van der Waals surface area contributed by atoms with Gasteiger partial charge in [-0.3, -0.25) is 0 Å². The van der Waals surface area contributed by atoms with E-state index in [1.54, 1.807) is 6.07 Å². The fraction of sp³-hybridized carbons (Fsp3) is 0. The molecule has 0 fully saturated rings. The highest BCUT2D eigenvalue weighted by molar-refractivity contribution is 7.21. The summed E-state index contributed by atoms with van der Waals surface area (Å²) in [6.45, 7) is 0. The third-order valence-electron chi connectivity index (χ3n) is 2.82. The first kappa shape index (κ1) is 12.3. The molecule has 3 nitrogen and oxygen atoms in total. The summed E-state index contributed by atoms with van der Waals surface area (Å²) in [5.41, 5.74) is 1.36. The van der Waals surface area contributed by atoms with Crippen molar-refractivity contribution in [3.8, 4) is 10.6 Å². The number of hydrogen-bond donors (Lipinski definition) is 2. The summed E-state index contributed by atoms with van der Waals surface area (Å²) < 4.78 is 14.7. The van der Waals surface area contributed by atoms with Crippen molar-refractivity contribution >= 4 is 34.1 Å². The van der Waals surface area contributed by atoms with Crippen molar-refractivity contribution in [2.24, 2.45) is 0 Å². The molecule has 0 aliphatic heterocycles. The number of thiazole rings is 1. The fourth-order valence-electron chi connectivity index (χ4n) is 1.87. The molecule has 0 saturated heterocycles. The maximum Gasteiger partial charge on any atom is 0.491 e. The number of rotatable bonds is 2. The van der Waals surface area contributed by atoms with E-state index in [0.29, 0.717) is 10.6 Å². The molecule has 0 spiro atoms. The van der Waals surface area contributed by atoms with E-state index in [1.165, 1.54) is 23.5 Å². The predicted octanol–water partition coefficient (Wildman–Crippen LogP) is 1.78. The largest absolute Gasteiger partial charge is 0.491 e. The van der Waals surface area contributed by atoms with Gasteiger partial charge in [0.2, 0.25) is 0 Å². The number of halogens is 1. The lowest BCUT2D eigenvalue weighted by Gasteiger charge is -2.03. The average Bonchev–Trinajstić information content (AvgIpc) is 2.81. The lowest BCUT2D eigenvalue weighted by molar-refractivity contribution is 0.423. The molecule has 19 heavy (non-hydrogen) atoms. The normalized spacial score (nSPS) is 10.9. The molecule has 0 aliphatic carbocycles. The van der Waals surface area contributed by atoms with Gasteiger partial charge in [0.05, 0.1) is 10.2 Å². The highest BCUT2D eigenvalue weighted by atomic mass is 32.1. The molecule has 2 aromatic carbocycles. The van der Waals surface area contributed by atoms with Gasteiger partial charge >= 0.3 is 7.12 Å². The van der Waals surface area contributed by atoms with Crippen LogP contribution in [0.3, 0.4) is 0 Å². The molecule has 3 aromatic rings. The lowest BCUT2D eigenvalue weighted by Crippen LogP contribution is -2.32. The molecule has 0 aliphatic rings. The standard InChI is InChI=1S/C13H9BFNO2S/c15-10-7-8(5-6-9(10)14(17)18)13-16-11-3-1-2-4-12(11)19-13/h1-7,17-18H. The van der Waals surface area contributed by atoms with Crippen LogP contribution >= 0.6 is 11.3 Å². The van der Waals surface area contributed by atoms with Crippen molar-refractivity contribution in [1.82, 2.24) is 4.98 Å². The van der Waals surface area contributed by atoms with Crippen LogP contribution < -0.4 is 5.46 Å². The molecule has 3 rings (SSSR count). The van der Waals surface area contributed by atoms with Crippen molar-refractivity contribution in [1.29, 1.82) is 0 Å². The Kier molecular flexibility index (Phi) is 3.06. The van der Waals surface area contributed by atoms with Crippen molar-refractivity contribution in [3.63, 3.8) is 0 Å². The van der Waals surface area contributed by atoms with E-state index >= 15 is 0 Å².